The standard InChI is InChI=1S/C14H11NTe/c1-10-15-14-12(8-5-9-13(14)16-10)11-6-3-2-4-7-11/h2-9H,1H3. The Kier molecular flexibility index (Phi) is 2.55. The predicted octanol–water partition coefficient (Wildman–Crippen LogP) is 3.27. The van der Waals surface area contributed by atoms with Crippen molar-refractivity contribution in [3.63, 3.8) is 0 Å². The molecule has 0 spiro atoms. The zero-order valence-corrected chi connectivity index (χ0v) is 11.3. The number of aryl methyl sites for hydroxylation is 1. The van der Waals surface area contributed by atoms with E-state index in [-0.39, 0.29) is 20.4 Å². The molecule has 1 nitrogen and oxygen atoms in total. The van der Waals surface area contributed by atoms with Gasteiger partial charge < -0.3 is 0 Å². The molecule has 16 heavy (non-hydrogen) atoms. The minimum absolute atomic E-state index is 0.180. The zero-order chi connectivity index (χ0) is 11.0. The first-order valence-electron chi connectivity index (χ1n) is 5.26. The van der Waals surface area contributed by atoms with Crippen LogP contribution >= 0.6 is 0 Å². The third-order valence-electron chi connectivity index (χ3n) is 2.61. The van der Waals surface area contributed by atoms with Crippen LogP contribution in [0.4, 0.5) is 0 Å². The predicted molar refractivity (Wildman–Crippen MR) is 68.9 cm³/mol. The van der Waals surface area contributed by atoms with Crippen molar-refractivity contribution < 1.29 is 0 Å². The van der Waals surface area contributed by atoms with E-state index in [1.807, 2.05) is 0 Å². The molecule has 0 aliphatic rings. The quantitative estimate of drug-likeness (QED) is 0.627. The van der Waals surface area contributed by atoms with Gasteiger partial charge >= 0.3 is 105 Å². The number of hydrogen-bond acceptors (Lipinski definition) is 1. The summed E-state index contributed by atoms with van der Waals surface area (Å²) in [5.74, 6) is 0. The van der Waals surface area contributed by atoms with Crippen molar-refractivity contribution in [2.24, 2.45) is 0 Å². The Labute approximate surface area is 104 Å². The molecule has 2 aromatic carbocycles. The van der Waals surface area contributed by atoms with E-state index in [4.69, 9.17) is 4.98 Å². The summed E-state index contributed by atoms with van der Waals surface area (Å²) in [6, 6.07) is 17.1. The molecule has 0 N–H and O–H groups in total. The Hall–Kier alpha value is -1.10. The molecule has 0 atom stereocenters. The first-order chi connectivity index (χ1) is 7.84. The minimum atomic E-state index is -0.180. The molecule has 3 rings (SSSR count). The first-order valence-corrected chi connectivity index (χ1v) is 7.59. The molecule has 1 aromatic heterocycles. The molecule has 0 unspecified atom stereocenters. The summed E-state index contributed by atoms with van der Waals surface area (Å²) in [5.41, 5.74) is 3.76. The second-order valence-electron chi connectivity index (χ2n) is 3.75. The number of aromatic nitrogens is 1. The molecule has 2 heteroatoms. The molecule has 0 aliphatic heterocycles. The molecular weight excluding hydrogens is 310 g/mol. The summed E-state index contributed by atoms with van der Waals surface area (Å²) < 4.78 is 2.81. The fraction of sp³-hybridized carbons (Fsp3) is 0.0714. The van der Waals surface area contributed by atoms with Gasteiger partial charge in [-0.05, 0) is 0 Å². The average molecular weight is 321 g/mol. The fourth-order valence-electron chi connectivity index (χ4n) is 1.91. The molecular formula is C14H11NTe. The van der Waals surface area contributed by atoms with Crippen LogP contribution in [-0.4, -0.2) is 25.4 Å². The SMILES string of the molecule is Cc1nc2c(-c3ccccc3)cccc2[te]1. The average Bonchev–Trinajstić information content (AvgIpc) is 2.70. The molecule has 0 aliphatic carbocycles. The molecule has 0 fully saturated rings. The summed E-state index contributed by atoms with van der Waals surface area (Å²) in [4.78, 5) is 4.70. The Bertz CT molecular complexity index is 626. The Balaban J connectivity index is 2.31. The van der Waals surface area contributed by atoms with Crippen molar-refractivity contribution in [3.8, 4) is 11.1 Å². The van der Waals surface area contributed by atoms with Gasteiger partial charge in [-0.25, -0.2) is 0 Å². The molecule has 0 radical (unpaired) electrons. The van der Waals surface area contributed by atoms with Crippen LogP contribution < -0.4 is 0 Å². The zero-order valence-electron chi connectivity index (χ0n) is 8.97. The van der Waals surface area contributed by atoms with E-state index in [1.165, 1.54) is 23.8 Å². The van der Waals surface area contributed by atoms with Crippen LogP contribution in [-0.2, 0) is 0 Å². The fourth-order valence-corrected chi connectivity index (χ4v) is 4.35. The summed E-state index contributed by atoms with van der Waals surface area (Å²) in [6.45, 7) is 2.15. The summed E-state index contributed by atoms with van der Waals surface area (Å²) in [7, 11) is 0. The van der Waals surface area contributed by atoms with Gasteiger partial charge in [0.2, 0.25) is 0 Å². The maximum absolute atomic E-state index is 4.70. The van der Waals surface area contributed by atoms with E-state index in [2.05, 4.69) is 55.5 Å². The van der Waals surface area contributed by atoms with Gasteiger partial charge in [-0.2, -0.15) is 0 Å². The molecule has 0 amide bonds. The van der Waals surface area contributed by atoms with Crippen molar-refractivity contribution in [2.75, 3.05) is 0 Å². The van der Waals surface area contributed by atoms with E-state index < -0.39 is 0 Å². The van der Waals surface area contributed by atoms with Gasteiger partial charge in [-0.3, -0.25) is 0 Å². The van der Waals surface area contributed by atoms with E-state index in [9.17, 15) is 0 Å². The molecule has 78 valence electrons. The number of rotatable bonds is 1. The van der Waals surface area contributed by atoms with Crippen LogP contribution in [0.3, 0.4) is 0 Å². The molecule has 1 heterocycles. The van der Waals surface area contributed by atoms with E-state index in [0.29, 0.717) is 0 Å². The number of benzene rings is 2. The van der Waals surface area contributed by atoms with Crippen molar-refractivity contribution in [3.05, 3.63) is 52.2 Å². The van der Waals surface area contributed by atoms with Gasteiger partial charge in [0.05, 0.1) is 0 Å². The summed E-state index contributed by atoms with van der Waals surface area (Å²) >= 11 is -0.180. The molecule has 0 saturated heterocycles. The monoisotopic (exact) mass is 323 g/mol. The second kappa shape index (κ2) is 4.05. The van der Waals surface area contributed by atoms with Crippen LogP contribution in [0.5, 0.6) is 0 Å². The van der Waals surface area contributed by atoms with E-state index in [0.717, 1.165) is 0 Å². The van der Waals surface area contributed by atoms with Crippen molar-refractivity contribution in [2.45, 2.75) is 6.92 Å². The number of fused-ring (bicyclic) bond motifs is 1. The van der Waals surface area contributed by atoms with Crippen molar-refractivity contribution >= 4 is 29.3 Å². The summed E-state index contributed by atoms with van der Waals surface area (Å²) in [5, 5.41) is 0. The Morgan fingerprint density at radius 3 is 2.56 bits per heavy atom. The second-order valence-corrected chi connectivity index (χ2v) is 7.28. The topological polar surface area (TPSA) is 12.9 Å². The maximum atomic E-state index is 4.70. The van der Waals surface area contributed by atoms with Gasteiger partial charge in [0.1, 0.15) is 0 Å². The number of para-hydroxylation sites is 1. The van der Waals surface area contributed by atoms with Gasteiger partial charge in [-0.15, -0.1) is 0 Å². The Morgan fingerprint density at radius 2 is 1.75 bits per heavy atom. The molecule has 0 saturated carbocycles. The van der Waals surface area contributed by atoms with Crippen LogP contribution in [0.1, 0.15) is 3.71 Å². The molecule has 0 bridgehead atoms. The van der Waals surface area contributed by atoms with Crippen LogP contribution in [0.25, 0.3) is 20.0 Å². The van der Waals surface area contributed by atoms with Crippen LogP contribution in [0.2, 0.25) is 0 Å². The third-order valence-corrected chi connectivity index (χ3v) is 5.28. The molecule has 3 aromatic rings. The normalized spacial score (nSPS) is 10.8. The van der Waals surface area contributed by atoms with Gasteiger partial charge in [0.25, 0.3) is 0 Å². The first kappa shape index (κ1) is 10.1. The number of hydrogen-bond donors (Lipinski definition) is 0. The van der Waals surface area contributed by atoms with Crippen molar-refractivity contribution in [1.82, 2.24) is 4.98 Å². The van der Waals surface area contributed by atoms with Crippen LogP contribution in [0, 0.1) is 6.92 Å². The van der Waals surface area contributed by atoms with E-state index >= 15 is 0 Å². The van der Waals surface area contributed by atoms with Gasteiger partial charge in [0, 0.05) is 0 Å². The number of nitrogens with zero attached hydrogens (tertiary/aromatic N) is 1. The van der Waals surface area contributed by atoms with Crippen molar-refractivity contribution in [1.29, 1.82) is 0 Å². The third kappa shape index (κ3) is 1.69. The van der Waals surface area contributed by atoms with E-state index in [1.54, 1.807) is 0 Å². The van der Waals surface area contributed by atoms with Crippen LogP contribution in [0.15, 0.2) is 48.5 Å². The van der Waals surface area contributed by atoms with Gasteiger partial charge in [-0.1, -0.05) is 0 Å². The van der Waals surface area contributed by atoms with Gasteiger partial charge in [0.15, 0.2) is 0 Å². The Morgan fingerprint density at radius 1 is 0.938 bits per heavy atom. The summed E-state index contributed by atoms with van der Waals surface area (Å²) in [6.07, 6.45) is 0.